The Balaban J connectivity index is 6.85. The molecule has 324 valence electrons. The molecule has 14 nitrogen and oxygen atoms in total. The minimum Gasteiger partial charge on any atom is -0.458 e. The Morgan fingerprint density at radius 3 is 0.679 bits per heavy atom. The third-order valence-corrected chi connectivity index (χ3v) is 12.4. The summed E-state index contributed by atoms with van der Waals surface area (Å²) in [5, 5.41) is 17.2. The highest BCUT2D eigenvalue weighted by Gasteiger charge is 2.52. The molecule has 0 aromatic carbocycles. The molecule has 0 bridgehead atoms. The lowest BCUT2D eigenvalue weighted by Crippen LogP contribution is -2.74. The Labute approximate surface area is 337 Å². The van der Waals surface area contributed by atoms with Crippen LogP contribution in [0.3, 0.4) is 0 Å². The highest BCUT2D eigenvalue weighted by atomic mass is 16.6. The smallest absolute Gasteiger partial charge is 0.332 e. The fraction of sp³-hybridized carbons (Fsp3) is 0.833. The molecule has 0 spiro atoms. The molecule has 0 unspecified atom stereocenters. The first kappa shape index (κ1) is 52.3. The van der Waals surface area contributed by atoms with Crippen molar-refractivity contribution in [2.45, 2.75) is 191 Å². The van der Waals surface area contributed by atoms with Gasteiger partial charge in [0.25, 0.3) is 0 Å². The lowest BCUT2D eigenvalue weighted by atomic mass is 9.79. The molecule has 0 saturated carbocycles. The quantitative estimate of drug-likeness (QED) is 0.109. The van der Waals surface area contributed by atoms with Crippen LogP contribution in [0.1, 0.15) is 152 Å². The van der Waals surface area contributed by atoms with Gasteiger partial charge < -0.3 is 36.6 Å². The third-order valence-electron chi connectivity index (χ3n) is 12.4. The highest BCUT2D eigenvalue weighted by Crippen LogP contribution is 2.29. The van der Waals surface area contributed by atoms with E-state index in [1.165, 1.54) is 6.92 Å². The summed E-state index contributed by atoms with van der Waals surface area (Å²) >= 11 is 0. The van der Waals surface area contributed by atoms with Gasteiger partial charge in [-0.25, -0.2) is 4.79 Å². The van der Waals surface area contributed by atoms with Gasteiger partial charge in [0.05, 0.1) is 0 Å². The second-order valence-electron chi connectivity index (χ2n) is 19.6. The number of hydrogen-bond acceptors (Lipinski definition) is 8. The number of carbonyl (C=O) groups is 7. The first-order valence-electron chi connectivity index (χ1n) is 20.0. The van der Waals surface area contributed by atoms with Crippen LogP contribution < -0.4 is 31.9 Å². The largest absolute Gasteiger partial charge is 0.458 e. The maximum Gasteiger partial charge on any atom is 0.332 e. The van der Waals surface area contributed by atoms with Crippen LogP contribution in [0.2, 0.25) is 0 Å². The van der Waals surface area contributed by atoms with Gasteiger partial charge in [-0.2, -0.15) is 0 Å². The van der Waals surface area contributed by atoms with Crippen LogP contribution in [0.5, 0.6) is 0 Å². The maximum atomic E-state index is 14.5. The Bertz CT molecular complexity index is 1490. The summed E-state index contributed by atoms with van der Waals surface area (Å²) in [6.07, 6.45) is 0. The molecule has 0 fully saturated rings. The first-order valence-corrected chi connectivity index (χ1v) is 20.0. The Morgan fingerprint density at radius 2 is 0.518 bits per heavy atom. The van der Waals surface area contributed by atoms with Gasteiger partial charge >= 0.3 is 5.97 Å². The van der Waals surface area contributed by atoms with E-state index >= 15 is 0 Å². The predicted molar refractivity (Wildman–Crippen MR) is 220 cm³/mol. The molecule has 0 saturated heterocycles. The van der Waals surface area contributed by atoms with Gasteiger partial charge in [0.15, 0.2) is 0 Å². The molecule has 0 radical (unpaired) electrons. The number of amides is 6. The van der Waals surface area contributed by atoms with Crippen molar-refractivity contribution in [2.24, 2.45) is 35.5 Å². The summed E-state index contributed by atoms with van der Waals surface area (Å²) in [7, 11) is 0. The minimum atomic E-state index is -1.60. The topological polar surface area (TPSA) is 201 Å². The summed E-state index contributed by atoms with van der Waals surface area (Å²) in [5.41, 5.74) is -9.86. The number of nitrogens with one attached hydrogen (secondary N) is 6. The van der Waals surface area contributed by atoms with Crippen molar-refractivity contribution in [3.63, 3.8) is 0 Å². The lowest BCUT2D eigenvalue weighted by Gasteiger charge is -2.45. The number of rotatable bonds is 18. The average Bonchev–Trinajstić information content (AvgIpc) is 3.02. The minimum absolute atomic E-state index is 0.328. The first-order chi connectivity index (χ1) is 24.8. The molecule has 0 aliphatic rings. The fourth-order valence-electron chi connectivity index (χ4n) is 5.33. The number of esters is 1. The van der Waals surface area contributed by atoms with E-state index in [1.54, 1.807) is 145 Å². The van der Waals surface area contributed by atoms with E-state index in [4.69, 9.17) is 4.74 Å². The van der Waals surface area contributed by atoms with Crippen molar-refractivity contribution in [3.05, 3.63) is 0 Å². The lowest BCUT2D eigenvalue weighted by molar-refractivity contribution is -0.167. The van der Waals surface area contributed by atoms with Crippen molar-refractivity contribution in [1.82, 2.24) is 31.9 Å². The predicted octanol–water partition coefficient (Wildman–Crippen LogP) is 4.53. The van der Waals surface area contributed by atoms with E-state index in [2.05, 4.69) is 31.9 Å². The zero-order chi connectivity index (χ0) is 45.0. The van der Waals surface area contributed by atoms with Crippen molar-refractivity contribution >= 4 is 41.4 Å². The van der Waals surface area contributed by atoms with Crippen LogP contribution >= 0.6 is 0 Å². The van der Waals surface area contributed by atoms with Crippen LogP contribution in [0, 0.1) is 35.5 Å². The Kier molecular flexibility index (Phi) is 17.0. The van der Waals surface area contributed by atoms with Gasteiger partial charge in [-0.15, -0.1) is 0 Å². The monoisotopic (exact) mass is 795 g/mol. The number of ether oxygens (including phenoxy) is 1. The molecule has 0 aromatic rings. The molecule has 6 atom stereocenters. The second-order valence-corrected chi connectivity index (χ2v) is 19.6. The summed E-state index contributed by atoms with van der Waals surface area (Å²) < 4.78 is 5.66. The number of carbonyl (C=O) groups excluding carboxylic acids is 7. The molecule has 0 rings (SSSR count). The van der Waals surface area contributed by atoms with E-state index < -0.39 is 104 Å². The third kappa shape index (κ3) is 11.5. The SMILES string of the molecule is CC(=O)N[C@](C)(C(=O)N[C@](C)(C(=O)N[C@](C)(C(=O)N[C@](C)(C(=O)N[C@](C)(C(=O)N[C@](C)(C(=O)OC(C)(C)C)C(C)C)C(C)C)C(C)C)C(C)C)C(C)C)C(C)C. The van der Waals surface area contributed by atoms with E-state index in [-0.39, 0.29) is 11.8 Å². The van der Waals surface area contributed by atoms with Crippen molar-refractivity contribution in [1.29, 1.82) is 0 Å². The zero-order valence-corrected chi connectivity index (χ0v) is 38.7. The molecular formula is C42H78N6O8. The summed E-state index contributed by atoms with van der Waals surface area (Å²) in [6, 6.07) is 0. The molecule has 6 amide bonds. The van der Waals surface area contributed by atoms with E-state index in [0.717, 1.165) is 0 Å². The van der Waals surface area contributed by atoms with Gasteiger partial charge in [-0.3, -0.25) is 28.8 Å². The molecule has 14 heteroatoms. The van der Waals surface area contributed by atoms with Crippen LogP contribution in [-0.4, -0.2) is 80.2 Å². The highest BCUT2D eigenvalue weighted by molar-refractivity contribution is 6.02. The van der Waals surface area contributed by atoms with Crippen LogP contribution in [-0.2, 0) is 38.3 Å². The average molecular weight is 795 g/mol. The Hall–Kier alpha value is -3.71. The van der Waals surface area contributed by atoms with E-state index in [0.29, 0.717) is 0 Å². The number of hydrogen-bond donors (Lipinski definition) is 6. The molecule has 0 aliphatic heterocycles. The summed E-state index contributed by atoms with van der Waals surface area (Å²) in [6.45, 7) is 37.2. The van der Waals surface area contributed by atoms with Gasteiger partial charge in [0.2, 0.25) is 35.4 Å². The van der Waals surface area contributed by atoms with E-state index in [1.807, 2.05) is 0 Å². The van der Waals surface area contributed by atoms with Crippen molar-refractivity contribution in [3.8, 4) is 0 Å². The standard InChI is InChI=1S/C42H78N6O8/c1-23(2)37(17,43-29(13)49)30(50)44-38(18,24(3)4)31(51)45-39(19,25(5)6)32(52)46-40(20,26(7)8)33(53)47-41(21,27(9)10)34(54)48-42(22,28(11)12)35(55)56-36(14,15)16/h23-28H,1-22H3,(H,43,49)(H,44,50)(H,45,51)(H,46,52)(H,47,53)(H,48,54)/t37-,38-,39-,40-,41-,42-/m0/s1. The van der Waals surface area contributed by atoms with Crippen molar-refractivity contribution < 1.29 is 38.3 Å². The molecule has 0 aromatic heterocycles. The molecule has 0 aliphatic carbocycles. The van der Waals surface area contributed by atoms with Crippen LogP contribution in [0.4, 0.5) is 0 Å². The molecular weight excluding hydrogens is 716 g/mol. The molecule has 56 heavy (non-hydrogen) atoms. The van der Waals surface area contributed by atoms with Gasteiger partial charge in [-0.05, 0) is 97.8 Å². The Morgan fingerprint density at radius 1 is 0.339 bits per heavy atom. The maximum absolute atomic E-state index is 14.5. The van der Waals surface area contributed by atoms with Crippen LogP contribution in [0.25, 0.3) is 0 Å². The zero-order valence-electron chi connectivity index (χ0n) is 38.7. The van der Waals surface area contributed by atoms with Gasteiger partial charge in [0.1, 0.15) is 38.8 Å². The van der Waals surface area contributed by atoms with Gasteiger partial charge in [-0.1, -0.05) is 83.1 Å². The second kappa shape index (κ2) is 18.3. The van der Waals surface area contributed by atoms with E-state index in [9.17, 15) is 33.6 Å². The normalized spacial score (nSPS) is 18.7. The molecule has 6 N–H and O–H groups in total. The molecule has 0 heterocycles. The fourth-order valence-corrected chi connectivity index (χ4v) is 5.33. The van der Waals surface area contributed by atoms with Crippen molar-refractivity contribution in [2.75, 3.05) is 0 Å². The summed E-state index contributed by atoms with van der Waals surface area (Å²) in [4.78, 5) is 96.6. The summed E-state index contributed by atoms with van der Waals surface area (Å²) in [5.74, 6) is -6.80. The van der Waals surface area contributed by atoms with Crippen LogP contribution in [0.15, 0.2) is 0 Å². The van der Waals surface area contributed by atoms with Gasteiger partial charge in [0, 0.05) is 6.92 Å².